The van der Waals surface area contributed by atoms with E-state index >= 15 is 0 Å². The Morgan fingerprint density at radius 3 is 2.26 bits per heavy atom. The SMILES string of the molecule is CC1(C)c2ccccc2-n2c3ccc(N(c4ccccc4)c4ccccn4)cc3c3cccc1c32. The maximum atomic E-state index is 4.69. The lowest BCUT2D eigenvalue weighted by Crippen LogP contribution is -2.26. The minimum absolute atomic E-state index is 0.0622. The Labute approximate surface area is 204 Å². The van der Waals surface area contributed by atoms with Crippen molar-refractivity contribution in [3.05, 3.63) is 127 Å². The Morgan fingerprint density at radius 1 is 0.657 bits per heavy atom. The number of rotatable bonds is 3. The molecule has 0 aliphatic carbocycles. The zero-order valence-corrected chi connectivity index (χ0v) is 19.8. The van der Waals surface area contributed by atoms with E-state index in [0.29, 0.717) is 0 Å². The van der Waals surface area contributed by atoms with Crippen molar-refractivity contribution < 1.29 is 0 Å². The summed E-state index contributed by atoms with van der Waals surface area (Å²) in [6.45, 7) is 4.68. The van der Waals surface area contributed by atoms with E-state index in [1.54, 1.807) is 0 Å². The van der Waals surface area contributed by atoms with Crippen LogP contribution < -0.4 is 4.90 Å². The number of nitrogens with zero attached hydrogens (tertiary/aromatic N) is 3. The summed E-state index contributed by atoms with van der Waals surface area (Å²) in [6, 6.07) is 38.9. The molecule has 3 heterocycles. The minimum Gasteiger partial charge on any atom is -0.309 e. The van der Waals surface area contributed by atoms with E-state index in [0.717, 1.165) is 17.2 Å². The van der Waals surface area contributed by atoms with E-state index in [4.69, 9.17) is 0 Å². The van der Waals surface area contributed by atoms with E-state index in [1.807, 2.05) is 24.4 Å². The maximum Gasteiger partial charge on any atom is 0.137 e. The van der Waals surface area contributed by atoms with Gasteiger partial charge in [-0.1, -0.05) is 74.5 Å². The second-order valence-corrected chi connectivity index (χ2v) is 9.74. The molecule has 1 aliphatic rings. The number of hydrogen-bond donors (Lipinski definition) is 0. The third kappa shape index (κ3) is 2.82. The van der Waals surface area contributed by atoms with Gasteiger partial charge in [-0.25, -0.2) is 4.98 Å². The summed E-state index contributed by atoms with van der Waals surface area (Å²) in [5, 5.41) is 2.54. The van der Waals surface area contributed by atoms with Gasteiger partial charge in [0.25, 0.3) is 0 Å². The predicted octanol–water partition coefficient (Wildman–Crippen LogP) is 8.29. The van der Waals surface area contributed by atoms with Gasteiger partial charge in [0.1, 0.15) is 5.82 Å². The molecule has 1 aliphatic heterocycles. The van der Waals surface area contributed by atoms with Gasteiger partial charge in [0, 0.05) is 33.8 Å². The number of fused-ring (bicyclic) bond motifs is 5. The molecule has 0 saturated heterocycles. The largest absolute Gasteiger partial charge is 0.309 e. The van der Waals surface area contributed by atoms with Gasteiger partial charge in [0.05, 0.1) is 16.7 Å². The quantitative estimate of drug-likeness (QED) is 0.270. The molecule has 0 spiro atoms. The molecule has 168 valence electrons. The summed E-state index contributed by atoms with van der Waals surface area (Å²) in [5.74, 6) is 0.901. The molecule has 3 nitrogen and oxygen atoms in total. The van der Waals surface area contributed by atoms with Crippen LogP contribution in [0.5, 0.6) is 0 Å². The second kappa shape index (κ2) is 7.31. The maximum absolute atomic E-state index is 4.69. The van der Waals surface area contributed by atoms with Crippen LogP contribution in [0.2, 0.25) is 0 Å². The molecule has 3 heteroatoms. The van der Waals surface area contributed by atoms with Crippen molar-refractivity contribution in [3.8, 4) is 5.69 Å². The number of anilines is 3. The van der Waals surface area contributed by atoms with Gasteiger partial charge in [-0.05, 0) is 59.7 Å². The molecule has 0 amide bonds. The molecule has 4 aromatic carbocycles. The van der Waals surface area contributed by atoms with Crippen LogP contribution in [0.1, 0.15) is 25.0 Å². The van der Waals surface area contributed by atoms with E-state index in [1.165, 1.54) is 38.6 Å². The number of pyridine rings is 1. The van der Waals surface area contributed by atoms with Crippen molar-refractivity contribution in [2.75, 3.05) is 4.90 Å². The van der Waals surface area contributed by atoms with Gasteiger partial charge in [-0.2, -0.15) is 0 Å². The molecular formula is C32H25N3. The first-order chi connectivity index (χ1) is 17.1. The topological polar surface area (TPSA) is 21.1 Å². The summed E-state index contributed by atoms with van der Waals surface area (Å²) in [6.07, 6.45) is 1.85. The zero-order chi connectivity index (χ0) is 23.6. The summed E-state index contributed by atoms with van der Waals surface area (Å²) in [7, 11) is 0. The fraction of sp³-hybridized carbons (Fsp3) is 0.0938. The molecule has 35 heavy (non-hydrogen) atoms. The fourth-order valence-electron chi connectivity index (χ4n) is 5.77. The van der Waals surface area contributed by atoms with E-state index in [-0.39, 0.29) is 5.41 Å². The first-order valence-corrected chi connectivity index (χ1v) is 12.1. The van der Waals surface area contributed by atoms with Crippen molar-refractivity contribution in [2.45, 2.75) is 19.3 Å². The first kappa shape index (κ1) is 20.0. The number of hydrogen-bond acceptors (Lipinski definition) is 2. The number of benzene rings is 4. The molecule has 0 unspecified atom stereocenters. The Kier molecular flexibility index (Phi) is 4.19. The molecule has 0 radical (unpaired) electrons. The van der Waals surface area contributed by atoms with Crippen molar-refractivity contribution in [1.29, 1.82) is 0 Å². The number of para-hydroxylation sites is 3. The first-order valence-electron chi connectivity index (χ1n) is 12.1. The third-order valence-corrected chi connectivity index (χ3v) is 7.41. The molecule has 0 atom stereocenters. The van der Waals surface area contributed by atoms with Crippen LogP contribution in [0.15, 0.2) is 115 Å². The highest BCUT2D eigenvalue weighted by atomic mass is 15.2. The van der Waals surface area contributed by atoms with Crippen molar-refractivity contribution in [3.63, 3.8) is 0 Å². The van der Waals surface area contributed by atoms with E-state index in [2.05, 4.69) is 119 Å². The van der Waals surface area contributed by atoms with Gasteiger partial charge >= 0.3 is 0 Å². The lowest BCUT2D eigenvalue weighted by molar-refractivity contribution is 0.630. The molecule has 0 saturated carbocycles. The fourth-order valence-corrected chi connectivity index (χ4v) is 5.77. The lowest BCUT2D eigenvalue weighted by atomic mass is 9.75. The van der Waals surface area contributed by atoms with Gasteiger partial charge in [-0.15, -0.1) is 0 Å². The van der Waals surface area contributed by atoms with Crippen LogP contribution in [0.25, 0.3) is 27.5 Å². The molecule has 6 aromatic rings. The Bertz CT molecular complexity index is 1670. The van der Waals surface area contributed by atoms with Gasteiger partial charge in [-0.3, -0.25) is 4.90 Å². The Hall–Kier alpha value is -4.37. The van der Waals surface area contributed by atoms with Gasteiger partial charge in [0.2, 0.25) is 0 Å². The molecule has 0 fully saturated rings. The average Bonchev–Trinajstić information content (AvgIpc) is 3.23. The van der Waals surface area contributed by atoms with E-state index < -0.39 is 0 Å². The van der Waals surface area contributed by atoms with Crippen LogP contribution in [-0.4, -0.2) is 9.55 Å². The van der Waals surface area contributed by atoms with Crippen molar-refractivity contribution in [2.24, 2.45) is 0 Å². The highest BCUT2D eigenvalue weighted by Gasteiger charge is 2.34. The molecular weight excluding hydrogens is 426 g/mol. The van der Waals surface area contributed by atoms with E-state index in [9.17, 15) is 0 Å². The van der Waals surface area contributed by atoms with Crippen LogP contribution in [0, 0.1) is 0 Å². The monoisotopic (exact) mass is 451 g/mol. The van der Waals surface area contributed by atoms with Crippen molar-refractivity contribution >= 4 is 39.0 Å². The summed E-state index contributed by atoms with van der Waals surface area (Å²) < 4.78 is 2.46. The zero-order valence-electron chi connectivity index (χ0n) is 19.8. The highest BCUT2D eigenvalue weighted by molar-refractivity contribution is 6.12. The Balaban J connectivity index is 1.55. The van der Waals surface area contributed by atoms with Crippen molar-refractivity contribution in [1.82, 2.24) is 9.55 Å². The molecule has 2 aromatic heterocycles. The van der Waals surface area contributed by atoms with Crippen LogP contribution in [0.4, 0.5) is 17.2 Å². The molecule has 7 rings (SSSR count). The standard InChI is InChI=1S/C32H25N3/c1-32(2)26-14-6-7-16-29(26)35-28-19-18-23(21-25(28)24-13-10-15-27(32)31(24)35)34(22-11-4-3-5-12-22)30-17-8-9-20-33-30/h3-21H,1-2H3. The van der Waals surface area contributed by atoms with Crippen LogP contribution >= 0.6 is 0 Å². The average molecular weight is 452 g/mol. The molecule has 0 bridgehead atoms. The summed E-state index contributed by atoms with van der Waals surface area (Å²) in [5.41, 5.74) is 8.67. The predicted molar refractivity (Wildman–Crippen MR) is 145 cm³/mol. The molecule has 0 N–H and O–H groups in total. The minimum atomic E-state index is -0.0622. The van der Waals surface area contributed by atoms with Crippen LogP contribution in [0.3, 0.4) is 0 Å². The summed E-state index contributed by atoms with van der Waals surface area (Å²) in [4.78, 5) is 6.92. The highest BCUT2D eigenvalue weighted by Crippen LogP contribution is 2.48. The van der Waals surface area contributed by atoms with Gasteiger partial charge < -0.3 is 4.57 Å². The van der Waals surface area contributed by atoms with Gasteiger partial charge in [0.15, 0.2) is 0 Å². The lowest BCUT2D eigenvalue weighted by Gasteiger charge is -2.34. The smallest absolute Gasteiger partial charge is 0.137 e. The Morgan fingerprint density at radius 2 is 1.43 bits per heavy atom. The third-order valence-electron chi connectivity index (χ3n) is 7.41. The van der Waals surface area contributed by atoms with Crippen LogP contribution in [-0.2, 0) is 5.41 Å². The normalized spacial score (nSPS) is 13.7. The summed E-state index contributed by atoms with van der Waals surface area (Å²) >= 11 is 0. The number of aromatic nitrogens is 2. The second-order valence-electron chi connectivity index (χ2n) is 9.74.